The first-order valence-electron chi connectivity index (χ1n) is 10.2. The van der Waals surface area contributed by atoms with Crippen LogP contribution in [0, 0.1) is 5.41 Å². The van der Waals surface area contributed by atoms with Gasteiger partial charge in [0.25, 0.3) is 6.43 Å². The maximum Gasteiger partial charge on any atom is 0.417 e. The van der Waals surface area contributed by atoms with Crippen LogP contribution in [-0.4, -0.2) is 57.3 Å². The number of anilines is 2. The predicted octanol–water partition coefficient (Wildman–Crippen LogP) is 3.61. The van der Waals surface area contributed by atoms with Gasteiger partial charge in [0.1, 0.15) is 23.7 Å². The molecular formula is C20H20F5N7. The molecule has 2 aliphatic rings. The van der Waals surface area contributed by atoms with E-state index in [0.29, 0.717) is 22.8 Å². The fourth-order valence-electron chi connectivity index (χ4n) is 4.45. The molecule has 170 valence electrons. The monoisotopic (exact) mass is 453 g/mol. The smallest absolute Gasteiger partial charge is 0.355 e. The zero-order chi connectivity index (χ0) is 22.5. The molecule has 0 aliphatic carbocycles. The fourth-order valence-corrected chi connectivity index (χ4v) is 4.45. The Morgan fingerprint density at radius 2 is 1.69 bits per heavy atom. The summed E-state index contributed by atoms with van der Waals surface area (Å²) >= 11 is 0. The molecule has 1 spiro atoms. The van der Waals surface area contributed by atoms with Gasteiger partial charge in [0.15, 0.2) is 5.65 Å². The summed E-state index contributed by atoms with van der Waals surface area (Å²) in [6, 6.07) is 2.47. The maximum atomic E-state index is 12.8. The topological polar surface area (TPSA) is 63.0 Å². The second-order valence-electron chi connectivity index (χ2n) is 8.40. The van der Waals surface area contributed by atoms with Crippen molar-refractivity contribution in [2.45, 2.75) is 32.0 Å². The number of aromatic nitrogens is 5. The lowest BCUT2D eigenvalue weighted by Crippen LogP contribution is -2.60. The van der Waals surface area contributed by atoms with Gasteiger partial charge >= 0.3 is 6.18 Å². The second kappa shape index (κ2) is 7.52. The average Bonchev–Trinajstić information content (AvgIpc) is 3.13. The molecule has 0 N–H and O–H groups in total. The van der Waals surface area contributed by atoms with Gasteiger partial charge in [-0.2, -0.15) is 18.3 Å². The summed E-state index contributed by atoms with van der Waals surface area (Å²) in [5.41, 5.74) is 0.154. The van der Waals surface area contributed by atoms with Crippen LogP contribution in [0.3, 0.4) is 0 Å². The lowest BCUT2D eigenvalue weighted by molar-refractivity contribution is -0.137. The highest BCUT2D eigenvalue weighted by Crippen LogP contribution is 2.43. The van der Waals surface area contributed by atoms with Crippen LogP contribution in [0.15, 0.2) is 30.7 Å². The molecule has 3 aromatic heterocycles. The van der Waals surface area contributed by atoms with Crippen LogP contribution in [0.25, 0.3) is 11.2 Å². The molecule has 0 bridgehead atoms. The van der Waals surface area contributed by atoms with E-state index in [1.165, 1.54) is 16.9 Å². The molecule has 2 aliphatic heterocycles. The van der Waals surface area contributed by atoms with Crippen molar-refractivity contribution in [1.29, 1.82) is 0 Å². The van der Waals surface area contributed by atoms with E-state index in [9.17, 15) is 22.0 Å². The molecule has 5 rings (SSSR count). The van der Waals surface area contributed by atoms with Crippen LogP contribution >= 0.6 is 0 Å². The summed E-state index contributed by atoms with van der Waals surface area (Å²) in [4.78, 5) is 16.9. The Hall–Kier alpha value is -3.05. The summed E-state index contributed by atoms with van der Waals surface area (Å²) < 4.78 is 64.8. The van der Waals surface area contributed by atoms with Crippen molar-refractivity contribution in [1.82, 2.24) is 24.7 Å². The molecule has 2 saturated heterocycles. The Morgan fingerprint density at radius 1 is 0.938 bits per heavy atom. The van der Waals surface area contributed by atoms with Gasteiger partial charge in [-0.3, -0.25) is 0 Å². The number of nitrogens with zero attached hydrogens (tertiary/aromatic N) is 7. The predicted molar refractivity (Wildman–Crippen MR) is 107 cm³/mol. The molecule has 0 aromatic carbocycles. The van der Waals surface area contributed by atoms with Gasteiger partial charge in [-0.05, 0) is 25.0 Å². The van der Waals surface area contributed by atoms with E-state index in [2.05, 4.69) is 25.0 Å². The highest BCUT2D eigenvalue weighted by atomic mass is 19.4. The van der Waals surface area contributed by atoms with Gasteiger partial charge in [-0.25, -0.2) is 28.4 Å². The zero-order valence-electron chi connectivity index (χ0n) is 16.9. The van der Waals surface area contributed by atoms with Crippen molar-refractivity contribution in [3.05, 3.63) is 36.3 Å². The van der Waals surface area contributed by atoms with Gasteiger partial charge in [-0.1, -0.05) is 0 Å². The first kappa shape index (κ1) is 20.8. The lowest BCUT2D eigenvalue weighted by atomic mass is 9.72. The molecule has 2 fully saturated rings. The van der Waals surface area contributed by atoms with E-state index in [-0.39, 0.29) is 5.41 Å². The largest absolute Gasteiger partial charge is 0.417 e. The number of alkyl halides is 5. The summed E-state index contributed by atoms with van der Waals surface area (Å²) in [7, 11) is 0. The van der Waals surface area contributed by atoms with Crippen molar-refractivity contribution in [3.8, 4) is 0 Å². The Kier molecular flexibility index (Phi) is 4.90. The minimum Gasteiger partial charge on any atom is -0.355 e. The van der Waals surface area contributed by atoms with Crippen LogP contribution < -0.4 is 9.80 Å². The Bertz CT molecular complexity index is 1100. The molecule has 5 heterocycles. The Balaban J connectivity index is 1.21. The van der Waals surface area contributed by atoms with Crippen LogP contribution in [0.5, 0.6) is 0 Å². The first-order valence-corrected chi connectivity index (χ1v) is 10.2. The fraction of sp³-hybridized carbons (Fsp3) is 0.500. The van der Waals surface area contributed by atoms with Crippen LogP contribution in [0.1, 0.15) is 18.4 Å². The third-order valence-electron chi connectivity index (χ3n) is 6.24. The Labute approximate surface area is 179 Å². The zero-order valence-corrected chi connectivity index (χ0v) is 16.9. The van der Waals surface area contributed by atoms with E-state index in [0.717, 1.165) is 51.3 Å². The van der Waals surface area contributed by atoms with Crippen molar-refractivity contribution >= 4 is 22.8 Å². The maximum absolute atomic E-state index is 12.8. The van der Waals surface area contributed by atoms with E-state index < -0.39 is 24.7 Å². The normalized spacial score (nSPS) is 18.6. The molecule has 0 radical (unpaired) electrons. The van der Waals surface area contributed by atoms with Gasteiger partial charge in [0.2, 0.25) is 0 Å². The summed E-state index contributed by atoms with van der Waals surface area (Å²) in [5, 5.41) is 3.94. The van der Waals surface area contributed by atoms with E-state index in [1.807, 2.05) is 4.90 Å². The number of piperidine rings is 1. The lowest BCUT2D eigenvalue weighted by Gasteiger charge is -2.54. The molecule has 0 unspecified atom stereocenters. The summed E-state index contributed by atoms with van der Waals surface area (Å²) in [6.45, 7) is 2.42. The third-order valence-corrected chi connectivity index (χ3v) is 6.24. The molecule has 0 saturated carbocycles. The number of pyridine rings is 1. The summed E-state index contributed by atoms with van der Waals surface area (Å²) in [6.07, 6.45) is -1.21. The standard InChI is InChI=1S/C20H20F5N7/c21-15(22)10-32-18-14(8-28-32)26-9-17(29-18)30-5-3-19(4-6-30)11-31(12-19)16-2-1-13(7-27-16)20(23,24)25/h1-2,7-9,15H,3-6,10-12H2. The van der Waals surface area contributed by atoms with Crippen LogP contribution in [0.4, 0.5) is 33.6 Å². The van der Waals surface area contributed by atoms with Gasteiger partial charge in [-0.15, -0.1) is 0 Å². The van der Waals surface area contributed by atoms with Gasteiger partial charge in [0, 0.05) is 37.8 Å². The van der Waals surface area contributed by atoms with Crippen molar-refractivity contribution in [3.63, 3.8) is 0 Å². The molecule has 32 heavy (non-hydrogen) atoms. The molecule has 7 nitrogen and oxygen atoms in total. The van der Waals surface area contributed by atoms with Crippen LogP contribution in [-0.2, 0) is 12.7 Å². The Morgan fingerprint density at radius 3 is 2.31 bits per heavy atom. The van der Waals surface area contributed by atoms with E-state index in [1.54, 1.807) is 6.20 Å². The van der Waals surface area contributed by atoms with E-state index in [4.69, 9.17) is 0 Å². The third kappa shape index (κ3) is 3.82. The number of hydrogen-bond acceptors (Lipinski definition) is 6. The van der Waals surface area contributed by atoms with Crippen molar-refractivity contribution in [2.24, 2.45) is 5.41 Å². The highest BCUT2D eigenvalue weighted by molar-refractivity contribution is 5.71. The molecule has 3 aromatic rings. The van der Waals surface area contributed by atoms with Gasteiger partial charge in [0.05, 0.1) is 18.0 Å². The quantitative estimate of drug-likeness (QED) is 0.563. The van der Waals surface area contributed by atoms with E-state index >= 15 is 0 Å². The number of rotatable bonds is 4. The minimum absolute atomic E-state index is 0.0931. The van der Waals surface area contributed by atoms with Crippen molar-refractivity contribution < 1.29 is 22.0 Å². The number of hydrogen-bond donors (Lipinski definition) is 0. The summed E-state index contributed by atoms with van der Waals surface area (Å²) in [5.74, 6) is 1.18. The highest BCUT2D eigenvalue weighted by Gasteiger charge is 2.45. The minimum atomic E-state index is -4.39. The molecule has 0 atom stereocenters. The molecular weight excluding hydrogens is 433 g/mol. The average molecular weight is 453 g/mol. The van der Waals surface area contributed by atoms with Crippen molar-refractivity contribution in [2.75, 3.05) is 36.0 Å². The molecule has 12 heteroatoms. The van der Waals surface area contributed by atoms with Crippen LogP contribution in [0.2, 0.25) is 0 Å². The molecule has 0 amide bonds. The first-order chi connectivity index (χ1) is 15.2. The van der Waals surface area contributed by atoms with Gasteiger partial charge < -0.3 is 9.80 Å². The number of halogens is 5. The second-order valence-corrected chi connectivity index (χ2v) is 8.40. The number of fused-ring (bicyclic) bond motifs is 1. The SMILES string of the molecule is FC(F)Cn1ncc2ncc(N3CCC4(CC3)CN(c3ccc(C(F)(F)F)cn3)C4)nc21.